The molecule has 0 radical (unpaired) electrons. The van der Waals surface area contributed by atoms with Crippen molar-refractivity contribution in [3.8, 4) is 5.88 Å². The number of nitrogens with one attached hydrogen (secondary N) is 1. The molecule has 5 nitrogen and oxygen atoms in total. The summed E-state index contributed by atoms with van der Waals surface area (Å²) < 4.78 is 5.57. The Balaban J connectivity index is 1.82. The molecule has 116 valence electrons. The second-order valence-electron chi connectivity index (χ2n) is 6.13. The van der Waals surface area contributed by atoms with E-state index in [1.165, 1.54) is 25.7 Å². The van der Waals surface area contributed by atoms with Gasteiger partial charge >= 0.3 is 0 Å². The first kappa shape index (κ1) is 14.6. The lowest BCUT2D eigenvalue weighted by Gasteiger charge is -2.37. The number of fused-ring (bicyclic) bond motifs is 2. The van der Waals surface area contributed by atoms with E-state index in [-0.39, 0.29) is 0 Å². The SMILES string of the molecule is CCOc1cc(C)nc(N(CC)C2CC3CCC(C2)N3)n1. The Morgan fingerprint density at radius 1 is 1.24 bits per heavy atom. The predicted molar refractivity (Wildman–Crippen MR) is 83.9 cm³/mol. The van der Waals surface area contributed by atoms with Crippen molar-refractivity contribution in [2.45, 2.75) is 64.6 Å². The van der Waals surface area contributed by atoms with E-state index >= 15 is 0 Å². The van der Waals surface area contributed by atoms with E-state index in [0.29, 0.717) is 30.6 Å². The average molecular weight is 290 g/mol. The summed E-state index contributed by atoms with van der Waals surface area (Å²) in [4.78, 5) is 11.6. The van der Waals surface area contributed by atoms with Crippen LogP contribution >= 0.6 is 0 Å². The molecule has 3 heterocycles. The highest BCUT2D eigenvalue weighted by atomic mass is 16.5. The summed E-state index contributed by atoms with van der Waals surface area (Å²) in [7, 11) is 0. The molecule has 1 N–H and O–H groups in total. The van der Waals surface area contributed by atoms with Crippen molar-refractivity contribution in [2.24, 2.45) is 0 Å². The fraction of sp³-hybridized carbons (Fsp3) is 0.750. The number of hydrogen-bond donors (Lipinski definition) is 1. The van der Waals surface area contributed by atoms with Crippen LogP contribution < -0.4 is 15.0 Å². The molecule has 2 aliphatic heterocycles. The summed E-state index contributed by atoms with van der Waals surface area (Å²) >= 11 is 0. The lowest BCUT2D eigenvalue weighted by molar-refractivity contribution is 0.322. The Kier molecular flexibility index (Phi) is 4.29. The van der Waals surface area contributed by atoms with Crippen molar-refractivity contribution in [2.75, 3.05) is 18.1 Å². The third kappa shape index (κ3) is 3.12. The fourth-order valence-corrected chi connectivity index (χ4v) is 3.72. The minimum absolute atomic E-state index is 0.546. The van der Waals surface area contributed by atoms with Crippen LogP contribution in [0, 0.1) is 6.92 Å². The van der Waals surface area contributed by atoms with Gasteiger partial charge in [-0.3, -0.25) is 0 Å². The highest BCUT2D eigenvalue weighted by Gasteiger charge is 2.36. The number of aromatic nitrogens is 2. The number of hydrogen-bond acceptors (Lipinski definition) is 5. The highest BCUT2D eigenvalue weighted by Crippen LogP contribution is 2.31. The highest BCUT2D eigenvalue weighted by molar-refractivity contribution is 5.36. The lowest BCUT2D eigenvalue weighted by Crippen LogP contribution is -2.48. The zero-order chi connectivity index (χ0) is 14.8. The van der Waals surface area contributed by atoms with Crippen LogP contribution in [0.5, 0.6) is 5.88 Å². The van der Waals surface area contributed by atoms with Crippen LogP contribution in [0.15, 0.2) is 6.07 Å². The van der Waals surface area contributed by atoms with E-state index in [0.717, 1.165) is 18.2 Å². The maximum absolute atomic E-state index is 5.57. The molecule has 0 spiro atoms. The minimum atomic E-state index is 0.546. The molecule has 2 aliphatic rings. The third-order valence-corrected chi connectivity index (χ3v) is 4.60. The van der Waals surface area contributed by atoms with Crippen molar-refractivity contribution < 1.29 is 4.74 Å². The van der Waals surface area contributed by atoms with Gasteiger partial charge in [-0.05, 0) is 46.5 Å². The topological polar surface area (TPSA) is 50.3 Å². The van der Waals surface area contributed by atoms with Gasteiger partial charge in [0.15, 0.2) is 0 Å². The number of aryl methyl sites for hydroxylation is 1. The summed E-state index contributed by atoms with van der Waals surface area (Å²) in [6.45, 7) is 7.77. The number of piperidine rings is 1. The molecule has 2 atom stereocenters. The normalized spacial score (nSPS) is 27.7. The molecule has 0 aliphatic carbocycles. The Bertz CT molecular complexity index is 481. The van der Waals surface area contributed by atoms with Crippen LogP contribution in [-0.4, -0.2) is 41.2 Å². The van der Waals surface area contributed by atoms with Gasteiger partial charge in [0, 0.05) is 36.4 Å². The zero-order valence-electron chi connectivity index (χ0n) is 13.3. The molecule has 2 bridgehead atoms. The van der Waals surface area contributed by atoms with Gasteiger partial charge in [-0.25, -0.2) is 4.98 Å². The van der Waals surface area contributed by atoms with E-state index in [9.17, 15) is 0 Å². The van der Waals surface area contributed by atoms with Gasteiger partial charge < -0.3 is 15.0 Å². The lowest BCUT2D eigenvalue weighted by atomic mass is 9.98. The molecular formula is C16H26N4O. The summed E-state index contributed by atoms with van der Waals surface area (Å²) in [5.74, 6) is 1.52. The number of ether oxygens (including phenoxy) is 1. The monoisotopic (exact) mass is 290 g/mol. The van der Waals surface area contributed by atoms with Crippen molar-refractivity contribution in [1.82, 2.24) is 15.3 Å². The molecule has 2 unspecified atom stereocenters. The Labute approximate surface area is 127 Å². The molecule has 21 heavy (non-hydrogen) atoms. The Morgan fingerprint density at radius 3 is 2.57 bits per heavy atom. The third-order valence-electron chi connectivity index (χ3n) is 4.60. The van der Waals surface area contributed by atoms with Crippen molar-refractivity contribution in [3.63, 3.8) is 0 Å². The van der Waals surface area contributed by atoms with Crippen LogP contribution in [-0.2, 0) is 0 Å². The van der Waals surface area contributed by atoms with Gasteiger partial charge in [0.1, 0.15) is 0 Å². The van der Waals surface area contributed by atoms with Gasteiger partial charge in [0.25, 0.3) is 0 Å². The van der Waals surface area contributed by atoms with Gasteiger partial charge in [-0.15, -0.1) is 0 Å². The molecule has 2 fully saturated rings. The first-order valence-electron chi connectivity index (χ1n) is 8.20. The molecule has 0 aromatic carbocycles. The van der Waals surface area contributed by atoms with Crippen molar-refractivity contribution in [3.05, 3.63) is 11.8 Å². The van der Waals surface area contributed by atoms with Crippen molar-refractivity contribution >= 4 is 5.95 Å². The van der Waals surface area contributed by atoms with E-state index in [1.54, 1.807) is 0 Å². The van der Waals surface area contributed by atoms with Gasteiger partial charge in [0.2, 0.25) is 11.8 Å². The van der Waals surface area contributed by atoms with Gasteiger partial charge in [0.05, 0.1) is 6.61 Å². The van der Waals surface area contributed by atoms with Gasteiger partial charge in [-0.2, -0.15) is 4.98 Å². The molecule has 0 amide bonds. The maximum atomic E-state index is 5.57. The summed E-state index contributed by atoms with van der Waals surface area (Å²) in [5.41, 5.74) is 0.971. The quantitative estimate of drug-likeness (QED) is 0.901. The summed E-state index contributed by atoms with van der Waals surface area (Å²) in [5, 5.41) is 3.70. The number of anilines is 1. The van der Waals surface area contributed by atoms with Gasteiger partial charge in [-0.1, -0.05) is 0 Å². The van der Waals surface area contributed by atoms with Crippen molar-refractivity contribution in [1.29, 1.82) is 0 Å². The van der Waals surface area contributed by atoms with E-state index in [4.69, 9.17) is 4.74 Å². The average Bonchev–Trinajstić information content (AvgIpc) is 2.78. The van der Waals surface area contributed by atoms with E-state index in [1.807, 2.05) is 19.9 Å². The molecule has 1 aromatic heterocycles. The van der Waals surface area contributed by atoms with E-state index in [2.05, 4.69) is 27.1 Å². The Morgan fingerprint density at radius 2 is 1.95 bits per heavy atom. The second-order valence-corrected chi connectivity index (χ2v) is 6.13. The molecule has 1 aromatic rings. The number of rotatable bonds is 5. The smallest absolute Gasteiger partial charge is 0.229 e. The minimum Gasteiger partial charge on any atom is -0.478 e. The summed E-state index contributed by atoms with van der Waals surface area (Å²) in [6, 6.07) is 3.82. The fourth-order valence-electron chi connectivity index (χ4n) is 3.72. The second kappa shape index (κ2) is 6.18. The number of nitrogens with zero attached hydrogens (tertiary/aromatic N) is 3. The van der Waals surface area contributed by atoms with Crippen LogP contribution in [0.2, 0.25) is 0 Å². The summed E-state index contributed by atoms with van der Waals surface area (Å²) in [6.07, 6.45) is 5.03. The Hall–Kier alpha value is -1.36. The first-order chi connectivity index (χ1) is 10.2. The molecular weight excluding hydrogens is 264 g/mol. The largest absolute Gasteiger partial charge is 0.478 e. The first-order valence-corrected chi connectivity index (χ1v) is 8.20. The van der Waals surface area contributed by atoms with Crippen LogP contribution in [0.3, 0.4) is 0 Å². The van der Waals surface area contributed by atoms with E-state index < -0.39 is 0 Å². The van der Waals surface area contributed by atoms with Crippen LogP contribution in [0.1, 0.15) is 45.2 Å². The molecule has 5 heteroatoms. The predicted octanol–water partition coefficient (Wildman–Crippen LogP) is 2.29. The standard InChI is InChI=1S/C16H26N4O/c1-4-20(14-9-12-6-7-13(10-14)18-12)16-17-11(3)8-15(19-16)21-5-2/h8,12-14,18H,4-7,9-10H2,1-3H3. The van der Waals surface area contributed by atoms with Crippen LogP contribution in [0.4, 0.5) is 5.95 Å². The molecule has 0 saturated carbocycles. The molecule has 2 saturated heterocycles. The maximum Gasteiger partial charge on any atom is 0.229 e. The zero-order valence-corrected chi connectivity index (χ0v) is 13.3. The van der Waals surface area contributed by atoms with Crippen LogP contribution in [0.25, 0.3) is 0 Å². The molecule has 3 rings (SSSR count).